The number of benzene rings is 1. The first-order valence-electron chi connectivity index (χ1n) is 8.30. The average Bonchev–Trinajstić information content (AvgIpc) is 3.09. The Labute approximate surface area is 136 Å². The Kier molecular flexibility index (Phi) is 4.64. The minimum atomic E-state index is -0.400. The van der Waals surface area contributed by atoms with Crippen LogP contribution in [0.4, 0.5) is 10.1 Å². The number of nitrogens with zero attached hydrogens (tertiary/aromatic N) is 1. The normalized spacial score (nSPS) is 25.4. The molecule has 2 amide bonds. The largest absolute Gasteiger partial charge is 0.336 e. The molecule has 23 heavy (non-hydrogen) atoms. The SMILES string of the molecule is CN(CC(=O)Nc1cccc(F)c1)C(=O)C[C@@H]1C[C@H]2CC[C@@H]1C2. The van der Waals surface area contributed by atoms with Gasteiger partial charge in [-0.25, -0.2) is 4.39 Å². The molecule has 1 aromatic carbocycles. The Morgan fingerprint density at radius 2 is 2.13 bits per heavy atom. The zero-order chi connectivity index (χ0) is 16.4. The number of hydrogen-bond acceptors (Lipinski definition) is 2. The van der Waals surface area contributed by atoms with Crippen LogP contribution in [-0.2, 0) is 9.59 Å². The van der Waals surface area contributed by atoms with Gasteiger partial charge in [-0.15, -0.1) is 0 Å². The van der Waals surface area contributed by atoms with Crippen LogP contribution in [0.3, 0.4) is 0 Å². The maximum atomic E-state index is 13.1. The quantitative estimate of drug-likeness (QED) is 0.907. The van der Waals surface area contributed by atoms with Gasteiger partial charge >= 0.3 is 0 Å². The Bertz CT molecular complexity index is 604. The summed E-state index contributed by atoms with van der Waals surface area (Å²) in [6.45, 7) is -0.00381. The molecule has 1 aromatic rings. The minimum absolute atomic E-state index is 0.00381. The summed E-state index contributed by atoms with van der Waals surface area (Å²) in [6, 6.07) is 5.74. The summed E-state index contributed by atoms with van der Waals surface area (Å²) in [5.41, 5.74) is 0.406. The second-order valence-electron chi connectivity index (χ2n) is 6.95. The second-order valence-corrected chi connectivity index (χ2v) is 6.95. The van der Waals surface area contributed by atoms with E-state index in [0.717, 1.165) is 5.92 Å². The smallest absolute Gasteiger partial charge is 0.243 e. The summed E-state index contributed by atoms with van der Waals surface area (Å²) in [4.78, 5) is 25.8. The first kappa shape index (κ1) is 16.0. The molecule has 0 aromatic heterocycles. The lowest BCUT2D eigenvalue weighted by molar-refractivity contribution is -0.134. The molecular weight excluding hydrogens is 295 g/mol. The van der Waals surface area contributed by atoms with Crippen molar-refractivity contribution in [2.24, 2.45) is 17.8 Å². The summed E-state index contributed by atoms with van der Waals surface area (Å²) in [5.74, 6) is 1.34. The molecule has 0 heterocycles. The second kappa shape index (κ2) is 6.69. The zero-order valence-corrected chi connectivity index (χ0v) is 13.4. The number of carbonyl (C=O) groups excluding carboxylic acids is 2. The highest BCUT2D eigenvalue weighted by molar-refractivity contribution is 5.94. The third-order valence-corrected chi connectivity index (χ3v) is 5.24. The van der Waals surface area contributed by atoms with Crippen molar-refractivity contribution in [3.63, 3.8) is 0 Å². The van der Waals surface area contributed by atoms with Crippen LogP contribution in [0, 0.1) is 23.6 Å². The van der Waals surface area contributed by atoms with Gasteiger partial charge in [0, 0.05) is 19.2 Å². The van der Waals surface area contributed by atoms with E-state index in [1.807, 2.05) is 0 Å². The van der Waals surface area contributed by atoms with Gasteiger partial charge in [-0.3, -0.25) is 9.59 Å². The number of anilines is 1. The fraction of sp³-hybridized carbons (Fsp3) is 0.556. The zero-order valence-electron chi connectivity index (χ0n) is 13.4. The van der Waals surface area contributed by atoms with Gasteiger partial charge in [0.05, 0.1) is 6.54 Å². The Balaban J connectivity index is 1.47. The average molecular weight is 318 g/mol. The minimum Gasteiger partial charge on any atom is -0.336 e. The maximum Gasteiger partial charge on any atom is 0.243 e. The molecule has 2 aliphatic carbocycles. The molecular formula is C18H23FN2O2. The topological polar surface area (TPSA) is 49.4 Å². The van der Waals surface area contributed by atoms with Gasteiger partial charge in [-0.1, -0.05) is 12.5 Å². The molecule has 2 aliphatic rings. The lowest BCUT2D eigenvalue weighted by atomic mass is 9.86. The summed E-state index contributed by atoms with van der Waals surface area (Å²) in [5, 5.41) is 2.62. The molecule has 2 saturated carbocycles. The van der Waals surface area contributed by atoms with E-state index < -0.39 is 5.82 Å². The fourth-order valence-electron chi connectivity index (χ4n) is 4.08. The molecule has 0 radical (unpaired) electrons. The van der Waals surface area contributed by atoms with Crippen LogP contribution in [0.5, 0.6) is 0 Å². The first-order chi connectivity index (χ1) is 11.0. The molecule has 0 saturated heterocycles. The van der Waals surface area contributed by atoms with Crippen LogP contribution in [0.2, 0.25) is 0 Å². The van der Waals surface area contributed by atoms with E-state index in [9.17, 15) is 14.0 Å². The number of carbonyl (C=O) groups is 2. The van der Waals surface area contributed by atoms with Crippen LogP contribution in [0.1, 0.15) is 32.1 Å². The van der Waals surface area contributed by atoms with E-state index in [1.54, 1.807) is 13.1 Å². The predicted octanol–water partition coefficient (Wildman–Crippen LogP) is 3.05. The number of nitrogens with one attached hydrogen (secondary N) is 1. The van der Waals surface area contributed by atoms with E-state index in [4.69, 9.17) is 0 Å². The monoisotopic (exact) mass is 318 g/mol. The van der Waals surface area contributed by atoms with E-state index >= 15 is 0 Å². The third-order valence-electron chi connectivity index (χ3n) is 5.24. The van der Waals surface area contributed by atoms with Gasteiger partial charge in [0.2, 0.25) is 11.8 Å². The molecule has 3 atom stereocenters. The van der Waals surface area contributed by atoms with Crippen LogP contribution < -0.4 is 5.32 Å². The Morgan fingerprint density at radius 1 is 1.30 bits per heavy atom. The molecule has 1 N–H and O–H groups in total. The Hall–Kier alpha value is -1.91. The van der Waals surface area contributed by atoms with Gasteiger partial charge in [0.15, 0.2) is 0 Å². The molecule has 4 nitrogen and oxygen atoms in total. The van der Waals surface area contributed by atoms with Crippen molar-refractivity contribution in [1.82, 2.24) is 4.90 Å². The Morgan fingerprint density at radius 3 is 2.78 bits per heavy atom. The third kappa shape index (κ3) is 3.89. The van der Waals surface area contributed by atoms with Gasteiger partial charge in [-0.05, 0) is 55.2 Å². The van der Waals surface area contributed by atoms with Crippen LogP contribution in [0.15, 0.2) is 24.3 Å². The summed E-state index contributed by atoms with van der Waals surface area (Å²) >= 11 is 0. The highest BCUT2D eigenvalue weighted by Crippen LogP contribution is 2.49. The van der Waals surface area contributed by atoms with E-state index in [1.165, 1.54) is 48.8 Å². The first-order valence-corrected chi connectivity index (χ1v) is 8.30. The van der Waals surface area contributed by atoms with Crippen LogP contribution in [0.25, 0.3) is 0 Å². The van der Waals surface area contributed by atoms with Gasteiger partial charge < -0.3 is 10.2 Å². The molecule has 2 fully saturated rings. The number of rotatable bonds is 5. The number of amides is 2. The van der Waals surface area contributed by atoms with E-state index in [0.29, 0.717) is 23.9 Å². The maximum absolute atomic E-state index is 13.1. The molecule has 3 rings (SSSR count). The number of fused-ring (bicyclic) bond motifs is 2. The van der Waals surface area contributed by atoms with Crippen molar-refractivity contribution in [2.75, 3.05) is 18.9 Å². The lowest BCUT2D eigenvalue weighted by Gasteiger charge is -2.24. The predicted molar refractivity (Wildman–Crippen MR) is 86.2 cm³/mol. The molecule has 2 bridgehead atoms. The number of likely N-dealkylation sites (N-methyl/N-ethyl adjacent to an activating group) is 1. The van der Waals surface area contributed by atoms with Crippen molar-refractivity contribution >= 4 is 17.5 Å². The number of halogens is 1. The van der Waals surface area contributed by atoms with Crippen molar-refractivity contribution in [3.8, 4) is 0 Å². The van der Waals surface area contributed by atoms with E-state index in [-0.39, 0.29) is 18.4 Å². The molecule has 124 valence electrons. The van der Waals surface area contributed by atoms with Crippen molar-refractivity contribution < 1.29 is 14.0 Å². The van der Waals surface area contributed by atoms with Crippen molar-refractivity contribution in [1.29, 1.82) is 0 Å². The molecule has 0 unspecified atom stereocenters. The molecule has 5 heteroatoms. The summed E-state index contributed by atoms with van der Waals surface area (Å²) in [6.07, 6.45) is 5.57. The van der Waals surface area contributed by atoms with Crippen molar-refractivity contribution in [2.45, 2.75) is 32.1 Å². The highest BCUT2D eigenvalue weighted by atomic mass is 19.1. The van der Waals surface area contributed by atoms with E-state index in [2.05, 4.69) is 5.32 Å². The fourth-order valence-corrected chi connectivity index (χ4v) is 4.08. The summed E-state index contributed by atoms with van der Waals surface area (Å²) < 4.78 is 13.1. The molecule has 0 spiro atoms. The van der Waals surface area contributed by atoms with Crippen LogP contribution in [-0.4, -0.2) is 30.3 Å². The van der Waals surface area contributed by atoms with Gasteiger partial charge in [-0.2, -0.15) is 0 Å². The lowest BCUT2D eigenvalue weighted by Crippen LogP contribution is -2.36. The number of hydrogen-bond donors (Lipinski definition) is 1. The van der Waals surface area contributed by atoms with Gasteiger partial charge in [0.1, 0.15) is 5.82 Å². The molecule has 0 aliphatic heterocycles. The van der Waals surface area contributed by atoms with Crippen molar-refractivity contribution in [3.05, 3.63) is 30.1 Å². The van der Waals surface area contributed by atoms with Crippen LogP contribution >= 0.6 is 0 Å². The van der Waals surface area contributed by atoms with Gasteiger partial charge in [0.25, 0.3) is 0 Å². The summed E-state index contributed by atoms with van der Waals surface area (Å²) in [7, 11) is 1.65. The standard InChI is InChI=1S/C18H23FN2O2/c1-21(11-17(22)20-16-4-2-3-15(19)10-16)18(23)9-14-8-12-5-6-13(14)7-12/h2-4,10,12-14H,5-9,11H2,1H3,(H,20,22)/t12-,13+,14-/m0/s1. The highest BCUT2D eigenvalue weighted by Gasteiger charge is 2.40.